The van der Waals surface area contributed by atoms with Gasteiger partial charge in [0.2, 0.25) is 4.96 Å². The third-order valence-electron chi connectivity index (χ3n) is 5.71. The standard InChI is InChI=1S/C26H20N6S/c1-18-10-8-9-13-20(18)16-23-28-29-26-32(23)30-25(33-26)22-17-27-31(21-14-6-3-7-15-21)24(22)19-11-4-2-5-12-19/h2-15,17H,16H2,1H3. The fourth-order valence-corrected chi connectivity index (χ4v) is 4.87. The second kappa shape index (κ2) is 8.11. The van der Waals surface area contributed by atoms with Crippen molar-refractivity contribution in [2.75, 3.05) is 0 Å². The molecule has 0 unspecified atom stereocenters. The quantitative estimate of drug-likeness (QED) is 0.344. The van der Waals surface area contributed by atoms with Gasteiger partial charge in [-0.05, 0) is 30.2 Å². The van der Waals surface area contributed by atoms with Crippen molar-refractivity contribution in [2.45, 2.75) is 13.3 Å². The van der Waals surface area contributed by atoms with E-state index >= 15 is 0 Å². The maximum atomic E-state index is 4.92. The Balaban J connectivity index is 1.47. The molecule has 160 valence electrons. The topological polar surface area (TPSA) is 60.9 Å². The molecule has 3 aromatic heterocycles. The molecule has 6 nitrogen and oxygen atoms in total. The van der Waals surface area contributed by atoms with Gasteiger partial charge in [-0.3, -0.25) is 0 Å². The Morgan fingerprint density at radius 3 is 2.33 bits per heavy atom. The number of aromatic nitrogens is 6. The summed E-state index contributed by atoms with van der Waals surface area (Å²) >= 11 is 1.53. The Kier molecular flexibility index (Phi) is 4.81. The van der Waals surface area contributed by atoms with E-state index < -0.39 is 0 Å². The van der Waals surface area contributed by atoms with E-state index in [4.69, 9.17) is 10.2 Å². The fraction of sp³-hybridized carbons (Fsp3) is 0.0769. The molecule has 0 saturated carbocycles. The molecular weight excluding hydrogens is 428 g/mol. The molecule has 0 fully saturated rings. The summed E-state index contributed by atoms with van der Waals surface area (Å²) in [5.41, 5.74) is 6.53. The normalized spacial score (nSPS) is 11.3. The van der Waals surface area contributed by atoms with Gasteiger partial charge in [0.1, 0.15) is 0 Å². The summed E-state index contributed by atoms with van der Waals surface area (Å²) in [7, 11) is 0. The zero-order valence-corrected chi connectivity index (χ0v) is 18.8. The molecule has 0 atom stereocenters. The van der Waals surface area contributed by atoms with Crippen LogP contribution >= 0.6 is 11.3 Å². The van der Waals surface area contributed by atoms with Crippen molar-refractivity contribution in [3.05, 3.63) is 108 Å². The number of para-hydroxylation sites is 1. The number of hydrogen-bond donors (Lipinski definition) is 0. The maximum Gasteiger partial charge on any atom is 0.234 e. The molecule has 0 aliphatic heterocycles. The minimum atomic E-state index is 0.686. The largest absolute Gasteiger partial charge is 0.234 e. The predicted molar refractivity (Wildman–Crippen MR) is 131 cm³/mol. The molecular formula is C26H20N6S. The van der Waals surface area contributed by atoms with Crippen molar-refractivity contribution >= 4 is 16.3 Å². The van der Waals surface area contributed by atoms with Gasteiger partial charge < -0.3 is 0 Å². The minimum absolute atomic E-state index is 0.686. The van der Waals surface area contributed by atoms with E-state index in [0.29, 0.717) is 6.42 Å². The van der Waals surface area contributed by atoms with Gasteiger partial charge in [-0.2, -0.15) is 14.7 Å². The molecule has 6 rings (SSSR count). The molecule has 0 spiro atoms. The minimum Gasteiger partial charge on any atom is -0.232 e. The van der Waals surface area contributed by atoms with Gasteiger partial charge in [0.05, 0.1) is 23.1 Å². The van der Waals surface area contributed by atoms with Gasteiger partial charge in [-0.15, -0.1) is 10.2 Å². The number of hydrogen-bond acceptors (Lipinski definition) is 5. The zero-order chi connectivity index (χ0) is 22.2. The molecule has 6 aromatic rings. The average molecular weight is 449 g/mol. The molecule has 0 amide bonds. The van der Waals surface area contributed by atoms with Crippen LogP contribution in [0, 0.1) is 6.92 Å². The van der Waals surface area contributed by atoms with Crippen LogP contribution in [0.3, 0.4) is 0 Å². The van der Waals surface area contributed by atoms with E-state index in [1.54, 1.807) is 0 Å². The zero-order valence-electron chi connectivity index (χ0n) is 18.0. The second-order valence-corrected chi connectivity index (χ2v) is 8.80. The van der Waals surface area contributed by atoms with Gasteiger partial charge in [0, 0.05) is 12.0 Å². The number of nitrogens with zero attached hydrogens (tertiary/aromatic N) is 6. The van der Waals surface area contributed by atoms with Gasteiger partial charge in [0.25, 0.3) is 0 Å². The van der Waals surface area contributed by atoms with Crippen molar-refractivity contribution in [1.82, 2.24) is 29.6 Å². The fourth-order valence-electron chi connectivity index (χ4n) is 4.00. The highest BCUT2D eigenvalue weighted by molar-refractivity contribution is 7.19. The molecule has 0 N–H and O–H groups in total. The summed E-state index contributed by atoms with van der Waals surface area (Å²) < 4.78 is 3.84. The van der Waals surface area contributed by atoms with Crippen LogP contribution in [-0.4, -0.2) is 29.6 Å². The lowest BCUT2D eigenvalue weighted by Crippen LogP contribution is -2.00. The lowest BCUT2D eigenvalue weighted by molar-refractivity contribution is 0.851. The Bertz CT molecular complexity index is 1550. The van der Waals surface area contributed by atoms with Crippen LogP contribution in [0.5, 0.6) is 0 Å². The van der Waals surface area contributed by atoms with Gasteiger partial charge >= 0.3 is 0 Å². The SMILES string of the molecule is Cc1ccccc1Cc1nnc2sc(-c3cnn(-c4ccccc4)c3-c3ccccc3)nn12. The summed E-state index contributed by atoms with van der Waals surface area (Å²) in [6.45, 7) is 2.12. The van der Waals surface area contributed by atoms with Gasteiger partial charge in [0.15, 0.2) is 10.8 Å². The van der Waals surface area contributed by atoms with Crippen LogP contribution in [0.25, 0.3) is 32.5 Å². The first kappa shape index (κ1) is 19.6. The highest BCUT2D eigenvalue weighted by atomic mass is 32.1. The molecule has 0 saturated heterocycles. The van der Waals surface area contributed by atoms with E-state index in [0.717, 1.165) is 38.3 Å². The smallest absolute Gasteiger partial charge is 0.232 e. The summed E-state index contributed by atoms with van der Waals surface area (Å²) in [6, 6.07) is 28.8. The Morgan fingerprint density at radius 2 is 1.55 bits per heavy atom. The molecule has 0 aliphatic carbocycles. The predicted octanol–water partition coefficient (Wildman–Crippen LogP) is 5.60. The van der Waals surface area contributed by atoms with E-state index in [1.807, 2.05) is 51.8 Å². The first-order valence-electron chi connectivity index (χ1n) is 10.7. The summed E-state index contributed by atoms with van der Waals surface area (Å²) in [5.74, 6) is 0.832. The molecule has 0 aliphatic rings. The van der Waals surface area contributed by atoms with Gasteiger partial charge in [-0.1, -0.05) is 84.1 Å². The van der Waals surface area contributed by atoms with E-state index in [-0.39, 0.29) is 0 Å². The second-order valence-electron chi connectivity index (χ2n) is 7.84. The monoisotopic (exact) mass is 448 g/mol. The Morgan fingerprint density at radius 1 is 0.818 bits per heavy atom. The first-order valence-corrected chi connectivity index (χ1v) is 11.5. The number of aryl methyl sites for hydroxylation is 1. The molecule has 0 bridgehead atoms. The van der Waals surface area contributed by atoms with E-state index in [9.17, 15) is 0 Å². The third-order valence-corrected chi connectivity index (χ3v) is 6.64. The van der Waals surface area contributed by atoms with Crippen LogP contribution in [0.1, 0.15) is 17.0 Å². The number of benzene rings is 3. The Hall–Kier alpha value is -4.10. The first-order chi connectivity index (χ1) is 16.3. The van der Waals surface area contributed by atoms with E-state index in [2.05, 4.69) is 65.7 Å². The lowest BCUT2D eigenvalue weighted by atomic mass is 10.1. The molecule has 33 heavy (non-hydrogen) atoms. The molecule has 3 aromatic carbocycles. The molecule has 3 heterocycles. The van der Waals surface area contributed by atoms with Gasteiger partial charge in [-0.25, -0.2) is 4.68 Å². The van der Waals surface area contributed by atoms with Crippen molar-refractivity contribution in [2.24, 2.45) is 0 Å². The summed E-state index contributed by atoms with van der Waals surface area (Å²) in [6.07, 6.45) is 2.58. The van der Waals surface area contributed by atoms with Crippen molar-refractivity contribution in [1.29, 1.82) is 0 Å². The maximum absolute atomic E-state index is 4.92. The highest BCUT2D eigenvalue weighted by Gasteiger charge is 2.21. The van der Waals surface area contributed by atoms with Crippen LogP contribution in [-0.2, 0) is 6.42 Å². The van der Waals surface area contributed by atoms with E-state index in [1.165, 1.54) is 22.5 Å². The van der Waals surface area contributed by atoms with Crippen LogP contribution in [0.15, 0.2) is 91.1 Å². The third kappa shape index (κ3) is 3.52. The van der Waals surface area contributed by atoms with Crippen LogP contribution < -0.4 is 0 Å². The summed E-state index contributed by atoms with van der Waals surface area (Å²) in [4.78, 5) is 0.778. The van der Waals surface area contributed by atoms with Crippen LogP contribution in [0.2, 0.25) is 0 Å². The molecule has 7 heteroatoms. The highest BCUT2D eigenvalue weighted by Crippen LogP contribution is 2.36. The number of rotatable bonds is 5. The Labute approximate surface area is 194 Å². The lowest BCUT2D eigenvalue weighted by Gasteiger charge is -2.09. The number of fused-ring (bicyclic) bond motifs is 1. The van der Waals surface area contributed by atoms with Crippen LogP contribution in [0.4, 0.5) is 0 Å². The van der Waals surface area contributed by atoms with Crippen molar-refractivity contribution in [3.63, 3.8) is 0 Å². The van der Waals surface area contributed by atoms with Crippen molar-refractivity contribution < 1.29 is 0 Å². The average Bonchev–Trinajstić information content (AvgIpc) is 3.57. The summed E-state index contributed by atoms with van der Waals surface area (Å²) in [5, 5.41) is 19.3. The van der Waals surface area contributed by atoms with Crippen molar-refractivity contribution in [3.8, 4) is 27.5 Å². The molecule has 0 radical (unpaired) electrons.